The molecule has 21 heavy (non-hydrogen) atoms. The van der Waals surface area contributed by atoms with Gasteiger partial charge in [-0.2, -0.15) is 0 Å². The Morgan fingerprint density at radius 3 is 2.86 bits per heavy atom. The summed E-state index contributed by atoms with van der Waals surface area (Å²) in [7, 11) is 0. The standard InChI is InChI=1S/C16H26N2O2S/c1-11(2)7-5-3-4-6-10-17-16-18-14-12(15(19)20)8-9-13(14)21-16/h11-12H,3-10H2,1-2H3,(H,17,18)(H,19,20). The highest BCUT2D eigenvalue weighted by molar-refractivity contribution is 7.15. The third-order valence-corrected chi connectivity index (χ3v) is 5.09. The average molecular weight is 310 g/mol. The van der Waals surface area contributed by atoms with Crippen LogP contribution in [-0.2, 0) is 11.2 Å². The topological polar surface area (TPSA) is 62.2 Å². The number of fused-ring (bicyclic) bond motifs is 1. The first kappa shape index (κ1) is 16.3. The molecule has 4 nitrogen and oxygen atoms in total. The first-order valence-corrected chi connectivity index (χ1v) is 8.86. The number of aliphatic carboxylic acids is 1. The number of thiazole rings is 1. The molecule has 0 spiro atoms. The normalized spacial score (nSPS) is 17.2. The zero-order valence-electron chi connectivity index (χ0n) is 13.0. The lowest BCUT2D eigenvalue weighted by Crippen LogP contribution is -2.09. The molecule has 0 fully saturated rings. The maximum Gasteiger partial charge on any atom is 0.312 e. The molecule has 0 aromatic carbocycles. The van der Waals surface area contributed by atoms with Crippen LogP contribution < -0.4 is 5.32 Å². The van der Waals surface area contributed by atoms with Crippen LogP contribution in [0.1, 0.15) is 68.9 Å². The van der Waals surface area contributed by atoms with Crippen molar-refractivity contribution >= 4 is 22.4 Å². The van der Waals surface area contributed by atoms with Gasteiger partial charge in [-0.15, -0.1) is 11.3 Å². The number of nitrogens with one attached hydrogen (secondary N) is 1. The van der Waals surface area contributed by atoms with Crippen LogP contribution in [-0.4, -0.2) is 22.6 Å². The van der Waals surface area contributed by atoms with Gasteiger partial charge in [0.25, 0.3) is 0 Å². The van der Waals surface area contributed by atoms with E-state index in [1.54, 1.807) is 11.3 Å². The second kappa shape index (κ2) is 7.78. The van der Waals surface area contributed by atoms with Gasteiger partial charge in [-0.3, -0.25) is 4.79 Å². The minimum Gasteiger partial charge on any atom is -0.481 e. The highest BCUT2D eigenvalue weighted by Gasteiger charge is 2.32. The Bertz CT molecular complexity index is 471. The summed E-state index contributed by atoms with van der Waals surface area (Å²) in [6.07, 6.45) is 7.93. The van der Waals surface area contributed by atoms with Crippen LogP contribution >= 0.6 is 11.3 Å². The van der Waals surface area contributed by atoms with Crippen molar-refractivity contribution in [2.75, 3.05) is 11.9 Å². The molecule has 2 N–H and O–H groups in total. The third-order valence-electron chi connectivity index (χ3n) is 4.00. The molecule has 0 aliphatic heterocycles. The van der Waals surface area contributed by atoms with Gasteiger partial charge in [-0.05, 0) is 25.2 Å². The van der Waals surface area contributed by atoms with Crippen molar-refractivity contribution in [1.82, 2.24) is 4.98 Å². The molecule has 0 saturated heterocycles. The fourth-order valence-electron chi connectivity index (χ4n) is 2.77. The fourth-order valence-corrected chi connectivity index (χ4v) is 3.83. The molecule has 1 aromatic heterocycles. The zero-order chi connectivity index (χ0) is 15.2. The summed E-state index contributed by atoms with van der Waals surface area (Å²) in [5.74, 6) is -0.318. The average Bonchev–Trinajstić information content (AvgIpc) is 2.96. The number of hydrogen-bond acceptors (Lipinski definition) is 4. The van der Waals surface area contributed by atoms with Crippen LogP contribution in [0.2, 0.25) is 0 Å². The predicted molar refractivity (Wildman–Crippen MR) is 87.2 cm³/mol. The summed E-state index contributed by atoms with van der Waals surface area (Å²) in [6.45, 7) is 5.48. The minimum absolute atomic E-state index is 0.386. The summed E-state index contributed by atoms with van der Waals surface area (Å²) in [4.78, 5) is 16.8. The number of aromatic nitrogens is 1. The lowest BCUT2D eigenvalue weighted by Gasteiger charge is -2.05. The molecule has 118 valence electrons. The van der Waals surface area contributed by atoms with Crippen LogP contribution in [0.4, 0.5) is 5.13 Å². The lowest BCUT2D eigenvalue weighted by atomic mass is 10.0. The van der Waals surface area contributed by atoms with Crippen molar-refractivity contribution in [2.24, 2.45) is 5.92 Å². The van der Waals surface area contributed by atoms with E-state index < -0.39 is 5.97 Å². The van der Waals surface area contributed by atoms with Crippen molar-refractivity contribution in [3.8, 4) is 0 Å². The number of anilines is 1. The summed E-state index contributed by atoms with van der Waals surface area (Å²) < 4.78 is 0. The monoisotopic (exact) mass is 310 g/mol. The molecule has 1 unspecified atom stereocenters. The molecular formula is C16H26N2O2S. The van der Waals surface area contributed by atoms with E-state index in [0.717, 1.165) is 41.0 Å². The number of unbranched alkanes of at least 4 members (excludes halogenated alkanes) is 3. The van der Waals surface area contributed by atoms with E-state index in [2.05, 4.69) is 24.1 Å². The van der Waals surface area contributed by atoms with Crippen LogP contribution in [0.3, 0.4) is 0 Å². The SMILES string of the molecule is CC(C)CCCCCCNc1nc2c(s1)CCC2C(=O)O. The van der Waals surface area contributed by atoms with Crippen molar-refractivity contribution in [2.45, 2.75) is 64.7 Å². The van der Waals surface area contributed by atoms with E-state index in [1.807, 2.05) is 0 Å². The van der Waals surface area contributed by atoms with Crippen molar-refractivity contribution in [3.05, 3.63) is 10.6 Å². The number of hydrogen-bond donors (Lipinski definition) is 2. The molecule has 0 bridgehead atoms. The van der Waals surface area contributed by atoms with Gasteiger partial charge in [0.1, 0.15) is 5.92 Å². The van der Waals surface area contributed by atoms with Crippen LogP contribution in [0, 0.1) is 5.92 Å². The van der Waals surface area contributed by atoms with E-state index in [9.17, 15) is 4.79 Å². The molecule has 5 heteroatoms. The Balaban J connectivity index is 1.66. The highest BCUT2D eigenvalue weighted by Crippen LogP contribution is 2.38. The number of carbonyl (C=O) groups is 1. The van der Waals surface area contributed by atoms with Gasteiger partial charge in [0.05, 0.1) is 5.69 Å². The van der Waals surface area contributed by atoms with Gasteiger partial charge in [0.15, 0.2) is 5.13 Å². The quantitative estimate of drug-likeness (QED) is 0.668. The molecular weight excluding hydrogens is 284 g/mol. The van der Waals surface area contributed by atoms with E-state index in [0.29, 0.717) is 6.42 Å². The Kier molecular flexibility index (Phi) is 6.03. The van der Waals surface area contributed by atoms with E-state index in [1.165, 1.54) is 25.7 Å². The largest absolute Gasteiger partial charge is 0.481 e. The number of nitrogens with zero attached hydrogens (tertiary/aromatic N) is 1. The zero-order valence-corrected chi connectivity index (χ0v) is 13.8. The fraction of sp³-hybridized carbons (Fsp3) is 0.750. The Labute approximate surface area is 131 Å². The Morgan fingerprint density at radius 1 is 1.38 bits per heavy atom. The van der Waals surface area contributed by atoms with E-state index >= 15 is 0 Å². The Hall–Kier alpha value is -1.10. The summed E-state index contributed by atoms with van der Waals surface area (Å²) in [6, 6.07) is 0. The summed E-state index contributed by atoms with van der Waals surface area (Å²) in [5.41, 5.74) is 0.798. The molecule has 1 aromatic rings. The predicted octanol–water partition coefficient (Wildman–Crippen LogP) is 4.28. The molecule has 0 radical (unpaired) electrons. The molecule has 2 rings (SSSR count). The van der Waals surface area contributed by atoms with Crippen LogP contribution in [0.15, 0.2) is 0 Å². The molecule has 1 atom stereocenters. The highest BCUT2D eigenvalue weighted by atomic mass is 32.1. The van der Waals surface area contributed by atoms with Gasteiger partial charge < -0.3 is 10.4 Å². The van der Waals surface area contributed by atoms with Gasteiger partial charge in [0.2, 0.25) is 0 Å². The van der Waals surface area contributed by atoms with Crippen molar-refractivity contribution in [1.29, 1.82) is 0 Å². The van der Waals surface area contributed by atoms with Crippen molar-refractivity contribution in [3.63, 3.8) is 0 Å². The second-order valence-corrected chi connectivity index (χ2v) is 7.36. The number of aryl methyl sites for hydroxylation is 1. The van der Waals surface area contributed by atoms with Gasteiger partial charge >= 0.3 is 5.97 Å². The van der Waals surface area contributed by atoms with E-state index in [-0.39, 0.29) is 5.92 Å². The van der Waals surface area contributed by atoms with E-state index in [4.69, 9.17) is 5.11 Å². The molecule has 1 aliphatic rings. The molecule has 0 amide bonds. The molecule has 1 heterocycles. The van der Waals surface area contributed by atoms with Crippen molar-refractivity contribution < 1.29 is 9.90 Å². The third kappa shape index (κ3) is 4.70. The maximum atomic E-state index is 11.1. The van der Waals surface area contributed by atoms with Crippen LogP contribution in [0.5, 0.6) is 0 Å². The summed E-state index contributed by atoms with van der Waals surface area (Å²) >= 11 is 1.63. The first-order valence-electron chi connectivity index (χ1n) is 8.04. The van der Waals surface area contributed by atoms with Gasteiger partial charge in [-0.1, -0.05) is 39.5 Å². The van der Waals surface area contributed by atoms with Gasteiger partial charge in [0, 0.05) is 11.4 Å². The minimum atomic E-state index is -0.740. The number of carboxylic acid groups (broad SMARTS) is 1. The van der Waals surface area contributed by atoms with Crippen LogP contribution in [0.25, 0.3) is 0 Å². The maximum absolute atomic E-state index is 11.1. The second-order valence-electron chi connectivity index (χ2n) is 6.28. The number of rotatable bonds is 9. The number of carboxylic acids is 1. The smallest absolute Gasteiger partial charge is 0.312 e. The first-order chi connectivity index (χ1) is 10.1. The molecule has 0 saturated carbocycles. The summed E-state index contributed by atoms with van der Waals surface area (Å²) in [5, 5.41) is 13.4. The Morgan fingerprint density at radius 2 is 2.14 bits per heavy atom. The van der Waals surface area contributed by atoms with Gasteiger partial charge in [-0.25, -0.2) is 4.98 Å². The lowest BCUT2D eigenvalue weighted by molar-refractivity contribution is -0.138. The molecule has 1 aliphatic carbocycles.